The van der Waals surface area contributed by atoms with Crippen molar-refractivity contribution in [2.75, 3.05) is 13.6 Å². The van der Waals surface area contributed by atoms with Crippen LogP contribution in [-0.4, -0.2) is 18.5 Å². The fourth-order valence-electron chi connectivity index (χ4n) is 2.56. The van der Waals surface area contributed by atoms with Gasteiger partial charge in [0, 0.05) is 22.4 Å². The fourth-order valence-corrected chi connectivity index (χ4v) is 4.11. The molecule has 1 aromatic rings. The molecule has 0 amide bonds. The molecule has 1 fully saturated rings. The molecule has 0 N–H and O–H groups in total. The van der Waals surface area contributed by atoms with Gasteiger partial charge < -0.3 is 4.90 Å². The van der Waals surface area contributed by atoms with Crippen molar-refractivity contribution in [1.82, 2.24) is 4.90 Å². The molecule has 1 nitrogen and oxygen atoms in total. The van der Waals surface area contributed by atoms with Gasteiger partial charge in [-0.05, 0) is 53.2 Å². The summed E-state index contributed by atoms with van der Waals surface area (Å²) in [5, 5.41) is 2.16. The topological polar surface area (TPSA) is 3.24 Å². The first-order valence-electron chi connectivity index (χ1n) is 6.16. The molecule has 1 aliphatic carbocycles. The van der Waals surface area contributed by atoms with Crippen LogP contribution in [0.1, 0.15) is 37.0 Å². The van der Waals surface area contributed by atoms with Crippen LogP contribution in [-0.2, 0) is 6.54 Å². The van der Waals surface area contributed by atoms with Crippen molar-refractivity contribution >= 4 is 27.3 Å². The predicted octanol–water partition coefficient (Wildman–Crippen LogP) is 4.52. The van der Waals surface area contributed by atoms with Crippen molar-refractivity contribution < 1.29 is 0 Å². The molecule has 1 aliphatic rings. The fraction of sp³-hybridized carbons (Fsp3) is 0.692. The summed E-state index contributed by atoms with van der Waals surface area (Å²) in [5.74, 6) is 0.942. The van der Waals surface area contributed by atoms with Gasteiger partial charge in [0.25, 0.3) is 0 Å². The Morgan fingerprint density at radius 3 is 2.75 bits per heavy atom. The molecule has 0 aromatic carbocycles. The van der Waals surface area contributed by atoms with E-state index < -0.39 is 0 Å². The molecule has 1 heterocycles. The molecule has 0 radical (unpaired) electrons. The maximum Gasteiger partial charge on any atom is 0.0336 e. The summed E-state index contributed by atoms with van der Waals surface area (Å²) in [5.41, 5.74) is 0. The number of nitrogens with zero attached hydrogens (tertiary/aromatic N) is 1. The molecule has 16 heavy (non-hydrogen) atoms. The van der Waals surface area contributed by atoms with Gasteiger partial charge in [0.05, 0.1) is 0 Å². The number of halogens is 1. The van der Waals surface area contributed by atoms with Crippen LogP contribution in [0.4, 0.5) is 0 Å². The molecule has 0 atom stereocenters. The maximum absolute atomic E-state index is 3.60. The van der Waals surface area contributed by atoms with Crippen LogP contribution in [0.25, 0.3) is 0 Å². The maximum atomic E-state index is 3.60. The Morgan fingerprint density at radius 2 is 2.12 bits per heavy atom. The Morgan fingerprint density at radius 1 is 1.38 bits per heavy atom. The monoisotopic (exact) mass is 301 g/mol. The summed E-state index contributed by atoms with van der Waals surface area (Å²) in [4.78, 5) is 3.94. The van der Waals surface area contributed by atoms with E-state index in [0.717, 1.165) is 12.5 Å². The number of hydrogen-bond acceptors (Lipinski definition) is 2. The molecule has 2 rings (SSSR count). The van der Waals surface area contributed by atoms with Crippen molar-refractivity contribution in [3.05, 3.63) is 20.8 Å². The van der Waals surface area contributed by atoms with Gasteiger partial charge in [-0.1, -0.05) is 19.3 Å². The van der Waals surface area contributed by atoms with E-state index in [0.29, 0.717) is 0 Å². The van der Waals surface area contributed by atoms with Crippen LogP contribution in [0.15, 0.2) is 15.9 Å². The summed E-state index contributed by atoms with van der Waals surface area (Å²) in [6, 6.07) is 2.15. The van der Waals surface area contributed by atoms with Crippen molar-refractivity contribution in [2.24, 2.45) is 5.92 Å². The normalized spacial score (nSPS) is 18.2. The van der Waals surface area contributed by atoms with E-state index >= 15 is 0 Å². The third-order valence-corrected chi connectivity index (χ3v) is 5.31. The third kappa shape index (κ3) is 3.57. The van der Waals surface area contributed by atoms with E-state index in [9.17, 15) is 0 Å². The van der Waals surface area contributed by atoms with E-state index in [1.165, 1.54) is 48.0 Å². The summed E-state index contributed by atoms with van der Waals surface area (Å²) in [6.07, 6.45) is 7.23. The van der Waals surface area contributed by atoms with Gasteiger partial charge in [0.15, 0.2) is 0 Å². The Kier molecular flexibility index (Phi) is 4.86. The van der Waals surface area contributed by atoms with Crippen LogP contribution in [0.3, 0.4) is 0 Å². The highest BCUT2D eigenvalue weighted by Gasteiger charge is 2.16. The summed E-state index contributed by atoms with van der Waals surface area (Å²) < 4.78 is 1.27. The van der Waals surface area contributed by atoms with Crippen LogP contribution >= 0.6 is 27.3 Å². The number of hydrogen-bond donors (Lipinski definition) is 0. The zero-order valence-corrected chi connectivity index (χ0v) is 12.3. The van der Waals surface area contributed by atoms with Crippen LogP contribution in [0.5, 0.6) is 0 Å². The minimum atomic E-state index is 0.942. The zero-order valence-electron chi connectivity index (χ0n) is 9.92. The largest absolute Gasteiger partial charge is 0.301 e. The first-order valence-corrected chi connectivity index (χ1v) is 7.83. The standard InChI is InChI=1S/C13H20BrNS/c1-15(9-11-5-3-2-4-6-11)10-13-12(14)7-8-16-13/h7-8,11H,2-6,9-10H2,1H3. The first kappa shape index (κ1) is 12.6. The van der Waals surface area contributed by atoms with Gasteiger partial charge in [-0.25, -0.2) is 0 Å². The molecule has 3 heteroatoms. The van der Waals surface area contributed by atoms with Crippen LogP contribution < -0.4 is 0 Å². The van der Waals surface area contributed by atoms with Gasteiger partial charge in [0.1, 0.15) is 0 Å². The summed E-state index contributed by atoms with van der Waals surface area (Å²) >= 11 is 5.46. The van der Waals surface area contributed by atoms with Gasteiger partial charge >= 0.3 is 0 Å². The average Bonchev–Trinajstić information content (AvgIpc) is 2.66. The molecule has 0 unspecified atom stereocenters. The zero-order chi connectivity index (χ0) is 11.4. The smallest absolute Gasteiger partial charge is 0.0336 e. The molecule has 0 saturated heterocycles. The summed E-state index contributed by atoms with van der Waals surface area (Å²) in [7, 11) is 2.25. The molecule has 90 valence electrons. The second-order valence-corrected chi connectivity index (χ2v) is 6.75. The van der Waals surface area contributed by atoms with Crippen LogP contribution in [0, 0.1) is 5.92 Å². The lowest BCUT2D eigenvalue weighted by molar-refractivity contribution is 0.229. The van der Waals surface area contributed by atoms with Gasteiger partial charge in [0.2, 0.25) is 0 Å². The highest BCUT2D eigenvalue weighted by molar-refractivity contribution is 9.10. The van der Waals surface area contributed by atoms with E-state index in [2.05, 4.69) is 39.3 Å². The van der Waals surface area contributed by atoms with E-state index in [-0.39, 0.29) is 0 Å². The number of rotatable bonds is 4. The molecule has 0 aliphatic heterocycles. The Hall–Kier alpha value is 0.140. The van der Waals surface area contributed by atoms with Crippen molar-refractivity contribution in [3.8, 4) is 0 Å². The molecular weight excluding hydrogens is 282 g/mol. The first-order chi connectivity index (χ1) is 7.75. The summed E-state index contributed by atoms with van der Waals surface area (Å²) in [6.45, 7) is 2.36. The lowest BCUT2D eigenvalue weighted by Gasteiger charge is -2.26. The minimum Gasteiger partial charge on any atom is -0.301 e. The minimum absolute atomic E-state index is 0.942. The van der Waals surface area contributed by atoms with E-state index in [1.807, 2.05) is 11.3 Å². The van der Waals surface area contributed by atoms with Crippen molar-refractivity contribution in [3.63, 3.8) is 0 Å². The lowest BCUT2D eigenvalue weighted by Crippen LogP contribution is -2.26. The number of thiophene rings is 1. The van der Waals surface area contributed by atoms with Gasteiger partial charge in [-0.2, -0.15) is 0 Å². The van der Waals surface area contributed by atoms with Crippen molar-refractivity contribution in [1.29, 1.82) is 0 Å². The predicted molar refractivity (Wildman–Crippen MR) is 74.9 cm³/mol. The average molecular weight is 302 g/mol. The highest BCUT2D eigenvalue weighted by atomic mass is 79.9. The highest BCUT2D eigenvalue weighted by Crippen LogP contribution is 2.27. The quantitative estimate of drug-likeness (QED) is 0.790. The lowest BCUT2D eigenvalue weighted by atomic mass is 9.89. The van der Waals surface area contributed by atoms with Crippen molar-refractivity contribution in [2.45, 2.75) is 38.6 Å². The second kappa shape index (κ2) is 6.18. The van der Waals surface area contributed by atoms with E-state index in [4.69, 9.17) is 0 Å². The SMILES string of the molecule is CN(Cc1sccc1Br)CC1CCCCC1. The van der Waals surface area contributed by atoms with Crippen LogP contribution in [0.2, 0.25) is 0 Å². The Balaban J connectivity index is 1.79. The Labute approximate surface area is 111 Å². The van der Waals surface area contributed by atoms with E-state index in [1.54, 1.807) is 0 Å². The van der Waals surface area contributed by atoms with Gasteiger partial charge in [-0.15, -0.1) is 11.3 Å². The molecule has 0 spiro atoms. The second-order valence-electron chi connectivity index (χ2n) is 4.89. The van der Waals surface area contributed by atoms with Gasteiger partial charge in [-0.3, -0.25) is 0 Å². The Bertz CT molecular complexity index is 317. The molecule has 1 saturated carbocycles. The molecule has 0 bridgehead atoms. The third-order valence-electron chi connectivity index (χ3n) is 3.40. The molecule has 1 aromatic heterocycles. The molecular formula is C13H20BrNS.